The zero-order chi connectivity index (χ0) is 13.0. The zero-order valence-corrected chi connectivity index (χ0v) is 10.4. The number of nitrogens with two attached hydrogens (primary N) is 1. The lowest BCUT2D eigenvalue weighted by Gasteiger charge is -2.28. The van der Waals surface area contributed by atoms with Crippen molar-refractivity contribution < 1.29 is 9.18 Å². The fraction of sp³-hybridized carbons (Fsp3) is 0.500. The van der Waals surface area contributed by atoms with E-state index >= 15 is 0 Å². The molecule has 1 amide bonds. The molecule has 2 atom stereocenters. The average molecular weight is 250 g/mol. The molecule has 2 unspecified atom stereocenters. The third-order valence-corrected chi connectivity index (χ3v) is 3.60. The van der Waals surface area contributed by atoms with Crippen LogP contribution in [-0.2, 0) is 0 Å². The summed E-state index contributed by atoms with van der Waals surface area (Å²) in [4.78, 5) is 11.8. The molecule has 0 bridgehead atoms. The standard InChI is InChI=1S/C14H19FN2O/c15-12-7-5-10(6-8-12)14(18)17-9-11-3-1-2-4-13(11)16/h5-8,11,13H,1-4,9,16H2,(H,17,18). The maximum absolute atomic E-state index is 12.7. The van der Waals surface area contributed by atoms with Gasteiger partial charge in [-0.2, -0.15) is 0 Å². The lowest BCUT2D eigenvalue weighted by molar-refractivity contribution is 0.0941. The van der Waals surface area contributed by atoms with E-state index in [1.165, 1.54) is 37.1 Å². The number of halogens is 1. The molecule has 1 aromatic carbocycles. The molecular weight excluding hydrogens is 231 g/mol. The topological polar surface area (TPSA) is 55.1 Å². The Kier molecular flexibility index (Phi) is 4.31. The third kappa shape index (κ3) is 3.29. The Balaban J connectivity index is 1.86. The molecule has 18 heavy (non-hydrogen) atoms. The normalized spacial score (nSPS) is 23.7. The molecule has 0 aliphatic heterocycles. The minimum Gasteiger partial charge on any atom is -0.352 e. The predicted octanol–water partition coefficient (Wildman–Crippen LogP) is 2.07. The Morgan fingerprint density at radius 2 is 1.94 bits per heavy atom. The smallest absolute Gasteiger partial charge is 0.251 e. The van der Waals surface area contributed by atoms with Crippen LogP contribution in [0.1, 0.15) is 36.0 Å². The molecule has 2 rings (SSSR count). The van der Waals surface area contributed by atoms with E-state index in [1.807, 2.05) is 0 Å². The Hall–Kier alpha value is -1.42. The van der Waals surface area contributed by atoms with Gasteiger partial charge in [0.1, 0.15) is 5.82 Å². The molecule has 3 N–H and O–H groups in total. The second-order valence-electron chi connectivity index (χ2n) is 4.93. The van der Waals surface area contributed by atoms with Gasteiger partial charge < -0.3 is 11.1 Å². The van der Waals surface area contributed by atoms with Crippen molar-refractivity contribution in [2.75, 3.05) is 6.54 Å². The Labute approximate surface area is 107 Å². The summed E-state index contributed by atoms with van der Waals surface area (Å²) in [5.74, 6) is -0.128. The van der Waals surface area contributed by atoms with Crippen LogP contribution in [0.25, 0.3) is 0 Å². The second-order valence-corrected chi connectivity index (χ2v) is 4.93. The van der Waals surface area contributed by atoms with Gasteiger partial charge in [-0.05, 0) is 43.0 Å². The van der Waals surface area contributed by atoms with E-state index < -0.39 is 0 Å². The number of amides is 1. The maximum atomic E-state index is 12.7. The van der Waals surface area contributed by atoms with E-state index in [0.717, 1.165) is 12.8 Å². The van der Waals surface area contributed by atoms with Crippen molar-refractivity contribution in [3.8, 4) is 0 Å². The van der Waals surface area contributed by atoms with Crippen LogP contribution in [0, 0.1) is 11.7 Å². The quantitative estimate of drug-likeness (QED) is 0.863. The van der Waals surface area contributed by atoms with Crippen molar-refractivity contribution in [3.05, 3.63) is 35.6 Å². The average Bonchev–Trinajstić information content (AvgIpc) is 2.38. The van der Waals surface area contributed by atoms with Crippen LogP contribution in [0.2, 0.25) is 0 Å². The minimum atomic E-state index is -0.333. The second kappa shape index (κ2) is 5.96. The zero-order valence-electron chi connectivity index (χ0n) is 10.4. The van der Waals surface area contributed by atoms with Gasteiger partial charge in [0.2, 0.25) is 0 Å². The van der Waals surface area contributed by atoms with Crippen LogP contribution in [0.4, 0.5) is 4.39 Å². The largest absolute Gasteiger partial charge is 0.352 e. The van der Waals surface area contributed by atoms with E-state index in [2.05, 4.69) is 5.32 Å². The van der Waals surface area contributed by atoms with Crippen LogP contribution >= 0.6 is 0 Å². The third-order valence-electron chi connectivity index (χ3n) is 3.60. The van der Waals surface area contributed by atoms with E-state index in [0.29, 0.717) is 18.0 Å². The molecule has 98 valence electrons. The number of hydrogen-bond donors (Lipinski definition) is 2. The lowest BCUT2D eigenvalue weighted by Crippen LogP contribution is -2.41. The highest BCUT2D eigenvalue weighted by molar-refractivity contribution is 5.94. The summed E-state index contributed by atoms with van der Waals surface area (Å²) in [7, 11) is 0. The van der Waals surface area contributed by atoms with Crippen molar-refractivity contribution in [1.29, 1.82) is 0 Å². The first kappa shape index (κ1) is 13.0. The summed E-state index contributed by atoms with van der Waals surface area (Å²) < 4.78 is 12.7. The highest BCUT2D eigenvalue weighted by Gasteiger charge is 2.22. The minimum absolute atomic E-state index is 0.159. The van der Waals surface area contributed by atoms with Gasteiger partial charge in [0.25, 0.3) is 5.91 Å². The van der Waals surface area contributed by atoms with Gasteiger partial charge in [-0.3, -0.25) is 4.79 Å². The molecule has 1 aromatic rings. The summed E-state index contributed by atoms with van der Waals surface area (Å²) in [5.41, 5.74) is 6.51. The van der Waals surface area contributed by atoms with E-state index in [9.17, 15) is 9.18 Å². The van der Waals surface area contributed by atoms with Crippen LogP contribution in [0.5, 0.6) is 0 Å². The fourth-order valence-corrected chi connectivity index (χ4v) is 2.42. The van der Waals surface area contributed by atoms with Crippen molar-refractivity contribution in [2.45, 2.75) is 31.7 Å². The first-order valence-corrected chi connectivity index (χ1v) is 6.46. The molecule has 3 nitrogen and oxygen atoms in total. The number of benzene rings is 1. The van der Waals surface area contributed by atoms with Gasteiger partial charge >= 0.3 is 0 Å². The fourth-order valence-electron chi connectivity index (χ4n) is 2.42. The van der Waals surface area contributed by atoms with E-state index in [4.69, 9.17) is 5.73 Å². The molecule has 1 aliphatic rings. The first-order chi connectivity index (χ1) is 8.66. The molecule has 1 saturated carbocycles. The summed E-state index contributed by atoms with van der Waals surface area (Å²) in [6.07, 6.45) is 4.48. The molecule has 0 aromatic heterocycles. The van der Waals surface area contributed by atoms with E-state index in [1.54, 1.807) is 0 Å². The van der Waals surface area contributed by atoms with Gasteiger partial charge in [-0.1, -0.05) is 12.8 Å². The molecule has 0 saturated heterocycles. The highest BCUT2D eigenvalue weighted by Crippen LogP contribution is 2.22. The summed E-state index contributed by atoms with van der Waals surface area (Å²) in [6.45, 7) is 0.609. The van der Waals surface area contributed by atoms with Gasteiger partial charge in [0, 0.05) is 18.2 Å². The molecule has 1 aliphatic carbocycles. The SMILES string of the molecule is NC1CCCCC1CNC(=O)c1ccc(F)cc1. The van der Waals surface area contributed by atoms with Crippen LogP contribution in [0.15, 0.2) is 24.3 Å². The molecule has 1 fully saturated rings. The monoisotopic (exact) mass is 250 g/mol. The van der Waals surface area contributed by atoms with Crippen LogP contribution in [0.3, 0.4) is 0 Å². The Morgan fingerprint density at radius 1 is 1.28 bits per heavy atom. The van der Waals surface area contributed by atoms with Gasteiger partial charge in [-0.25, -0.2) is 4.39 Å². The van der Waals surface area contributed by atoms with Crippen LogP contribution < -0.4 is 11.1 Å². The van der Waals surface area contributed by atoms with Crippen molar-refractivity contribution in [2.24, 2.45) is 11.7 Å². The number of carbonyl (C=O) groups is 1. The first-order valence-electron chi connectivity index (χ1n) is 6.46. The van der Waals surface area contributed by atoms with Crippen molar-refractivity contribution >= 4 is 5.91 Å². The summed E-state index contributed by atoms with van der Waals surface area (Å²) >= 11 is 0. The van der Waals surface area contributed by atoms with Crippen molar-refractivity contribution in [3.63, 3.8) is 0 Å². The summed E-state index contributed by atoms with van der Waals surface area (Å²) in [6, 6.07) is 5.76. The number of rotatable bonds is 3. The van der Waals surface area contributed by atoms with Crippen LogP contribution in [-0.4, -0.2) is 18.5 Å². The lowest BCUT2D eigenvalue weighted by atomic mass is 9.85. The molecule has 0 heterocycles. The predicted molar refractivity (Wildman–Crippen MR) is 68.7 cm³/mol. The maximum Gasteiger partial charge on any atom is 0.251 e. The Bertz CT molecular complexity index is 405. The van der Waals surface area contributed by atoms with Gasteiger partial charge in [0.15, 0.2) is 0 Å². The Morgan fingerprint density at radius 3 is 2.61 bits per heavy atom. The molecule has 0 radical (unpaired) electrons. The van der Waals surface area contributed by atoms with Crippen molar-refractivity contribution in [1.82, 2.24) is 5.32 Å². The number of nitrogens with one attached hydrogen (secondary N) is 1. The summed E-state index contributed by atoms with van der Waals surface area (Å²) in [5, 5.41) is 2.88. The van der Waals surface area contributed by atoms with E-state index in [-0.39, 0.29) is 17.8 Å². The number of carbonyl (C=O) groups excluding carboxylic acids is 1. The molecule has 4 heteroatoms. The highest BCUT2D eigenvalue weighted by atomic mass is 19.1. The van der Waals surface area contributed by atoms with Gasteiger partial charge in [-0.15, -0.1) is 0 Å². The molecule has 0 spiro atoms. The number of hydrogen-bond acceptors (Lipinski definition) is 2. The van der Waals surface area contributed by atoms with Gasteiger partial charge in [0.05, 0.1) is 0 Å². The molecular formula is C14H19FN2O.